The minimum atomic E-state index is -4.78. The molecule has 0 atom stereocenters. The summed E-state index contributed by atoms with van der Waals surface area (Å²) in [7, 11) is 3.44. The van der Waals surface area contributed by atoms with Crippen molar-refractivity contribution in [2.24, 2.45) is 0 Å². The molecule has 0 radical (unpaired) electrons. The van der Waals surface area contributed by atoms with E-state index in [1.54, 1.807) is 19.0 Å². The highest BCUT2D eigenvalue weighted by Crippen LogP contribution is 2.16. The largest absolute Gasteiger partial charge is 0.454 e. The maximum atomic E-state index is 11.6. The average molecular weight is 193 g/mol. The standard InChI is InChI=1S/C8H10F3NO/c1-12(2)6-4-3-5-7(13)8(9,10)11/h3-6H,1-2H3. The van der Waals surface area contributed by atoms with E-state index in [-0.39, 0.29) is 0 Å². The van der Waals surface area contributed by atoms with Crippen molar-refractivity contribution in [2.75, 3.05) is 14.1 Å². The van der Waals surface area contributed by atoms with Gasteiger partial charge in [-0.05, 0) is 18.4 Å². The fourth-order valence-electron chi connectivity index (χ4n) is 0.459. The zero-order valence-corrected chi connectivity index (χ0v) is 7.30. The van der Waals surface area contributed by atoms with Crippen molar-refractivity contribution in [1.29, 1.82) is 0 Å². The number of hydrogen-bond donors (Lipinski definition) is 0. The second kappa shape index (κ2) is 4.69. The van der Waals surface area contributed by atoms with E-state index in [0.29, 0.717) is 6.08 Å². The van der Waals surface area contributed by atoms with Gasteiger partial charge in [-0.2, -0.15) is 13.2 Å². The lowest BCUT2D eigenvalue weighted by atomic mass is 10.3. The van der Waals surface area contributed by atoms with Crippen LogP contribution < -0.4 is 0 Å². The van der Waals surface area contributed by atoms with Crippen LogP contribution in [0.4, 0.5) is 13.2 Å². The van der Waals surface area contributed by atoms with E-state index in [9.17, 15) is 18.0 Å². The molecule has 0 aromatic rings. The second-order valence-electron chi connectivity index (χ2n) is 2.53. The highest BCUT2D eigenvalue weighted by molar-refractivity contribution is 5.94. The lowest BCUT2D eigenvalue weighted by molar-refractivity contribution is -0.165. The zero-order valence-electron chi connectivity index (χ0n) is 7.30. The van der Waals surface area contributed by atoms with Crippen molar-refractivity contribution in [2.45, 2.75) is 6.18 Å². The first kappa shape index (κ1) is 11.7. The maximum absolute atomic E-state index is 11.6. The number of allylic oxidation sites excluding steroid dienone is 3. The smallest absolute Gasteiger partial charge is 0.383 e. The molecule has 5 heteroatoms. The molecular formula is C8H10F3NO. The molecule has 0 aromatic carbocycles. The summed E-state index contributed by atoms with van der Waals surface area (Å²) in [5.74, 6) is -1.85. The predicted octanol–water partition coefficient (Wildman–Crippen LogP) is 1.75. The predicted molar refractivity (Wildman–Crippen MR) is 43.0 cm³/mol. The van der Waals surface area contributed by atoms with Crippen LogP contribution in [0, 0.1) is 0 Å². The van der Waals surface area contributed by atoms with Crippen LogP contribution in [-0.4, -0.2) is 31.0 Å². The minimum Gasteiger partial charge on any atom is -0.383 e. The molecule has 0 bridgehead atoms. The number of carbonyl (C=O) groups is 1. The molecule has 0 N–H and O–H groups in total. The van der Waals surface area contributed by atoms with Gasteiger partial charge in [0.1, 0.15) is 0 Å². The molecule has 0 amide bonds. The third-order valence-corrected chi connectivity index (χ3v) is 1.02. The first-order chi connectivity index (χ1) is 5.84. The van der Waals surface area contributed by atoms with Gasteiger partial charge in [0.15, 0.2) is 0 Å². The van der Waals surface area contributed by atoms with Crippen LogP contribution in [0.3, 0.4) is 0 Å². The third-order valence-electron chi connectivity index (χ3n) is 1.02. The Morgan fingerprint density at radius 3 is 2.15 bits per heavy atom. The molecule has 0 spiro atoms. The average Bonchev–Trinajstić information content (AvgIpc) is 1.95. The van der Waals surface area contributed by atoms with Gasteiger partial charge in [0.05, 0.1) is 0 Å². The number of carbonyl (C=O) groups excluding carboxylic acids is 1. The molecule has 0 aromatic heterocycles. The van der Waals surface area contributed by atoms with Crippen LogP contribution >= 0.6 is 0 Å². The molecule has 2 nitrogen and oxygen atoms in total. The Balaban J connectivity index is 4.08. The van der Waals surface area contributed by atoms with Crippen LogP contribution in [0.5, 0.6) is 0 Å². The number of halogens is 3. The number of ketones is 1. The van der Waals surface area contributed by atoms with Crippen molar-refractivity contribution >= 4 is 5.78 Å². The summed E-state index contributed by atoms with van der Waals surface area (Å²) in [5, 5.41) is 0. The topological polar surface area (TPSA) is 20.3 Å². The van der Waals surface area contributed by atoms with Crippen molar-refractivity contribution in [3.05, 3.63) is 24.4 Å². The van der Waals surface area contributed by atoms with Crippen LogP contribution in [0.2, 0.25) is 0 Å². The van der Waals surface area contributed by atoms with E-state index in [1.807, 2.05) is 0 Å². The highest BCUT2D eigenvalue weighted by atomic mass is 19.4. The number of rotatable bonds is 3. The Morgan fingerprint density at radius 2 is 1.77 bits per heavy atom. The van der Waals surface area contributed by atoms with E-state index in [2.05, 4.69) is 0 Å². The summed E-state index contributed by atoms with van der Waals surface area (Å²) >= 11 is 0. The van der Waals surface area contributed by atoms with Gasteiger partial charge in [0.2, 0.25) is 0 Å². The van der Waals surface area contributed by atoms with E-state index >= 15 is 0 Å². The summed E-state index contributed by atoms with van der Waals surface area (Å²) in [6.07, 6.45) is -0.359. The summed E-state index contributed by atoms with van der Waals surface area (Å²) in [5.41, 5.74) is 0. The molecule has 0 saturated carbocycles. The van der Waals surface area contributed by atoms with Crippen molar-refractivity contribution in [1.82, 2.24) is 4.90 Å². The Morgan fingerprint density at radius 1 is 1.23 bits per heavy atom. The second-order valence-corrected chi connectivity index (χ2v) is 2.53. The fourth-order valence-corrected chi connectivity index (χ4v) is 0.459. The maximum Gasteiger partial charge on any atom is 0.454 e. The molecule has 0 unspecified atom stereocenters. The quantitative estimate of drug-likeness (QED) is 0.502. The van der Waals surface area contributed by atoms with Gasteiger partial charge >= 0.3 is 6.18 Å². The van der Waals surface area contributed by atoms with Gasteiger partial charge < -0.3 is 4.90 Å². The van der Waals surface area contributed by atoms with E-state index in [1.165, 1.54) is 12.3 Å². The highest BCUT2D eigenvalue weighted by Gasteiger charge is 2.35. The van der Waals surface area contributed by atoms with Gasteiger partial charge in [-0.15, -0.1) is 0 Å². The lowest BCUT2D eigenvalue weighted by Gasteiger charge is -2.01. The summed E-state index contributed by atoms with van der Waals surface area (Å²) in [4.78, 5) is 11.9. The molecule has 0 aliphatic carbocycles. The molecule has 74 valence electrons. The first-order valence-corrected chi connectivity index (χ1v) is 3.46. The monoisotopic (exact) mass is 193 g/mol. The molecule has 0 saturated heterocycles. The Hall–Kier alpha value is -1.26. The summed E-state index contributed by atoms with van der Waals surface area (Å²) in [6.45, 7) is 0. The SMILES string of the molecule is CN(C)C=CC=CC(=O)C(F)(F)F. The van der Waals surface area contributed by atoms with Crippen LogP contribution in [0.1, 0.15) is 0 Å². The van der Waals surface area contributed by atoms with Gasteiger partial charge in [0.25, 0.3) is 5.78 Å². The summed E-state index contributed by atoms with van der Waals surface area (Å²) in [6, 6.07) is 0. The van der Waals surface area contributed by atoms with Crippen molar-refractivity contribution in [3.8, 4) is 0 Å². The number of hydrogen-bond acceptors (Lipinski definition) is 2. The Labute approximate surface area is 74.3 Å². The Bertz CT molecular complexity index is 228. The molecule has 0 fully saturated rings. The van der Waals surface area contributed by atoms with Crippen LogP contribution in [-0.2, 0) is 4.79 Å². The van der Waals surface area contributed by atoms with E-state index < -0.39 is 12.0 Å². The molecule has 0 aliphatic heterocycles. The van der Waals surface area contributed by atoms with Crippen molar-refractivity contribution < 1.29 is 18.0 Å². The Kier molecular flexibility index (Phi) is 4.23. The lowest BCUT2D eigenvalue weighted by Crippen LogP contribution is -2.19. The molecule has 0 aliphatic rings. The normalized spacial score (nSPS) is 12.7. The van der Waals surface area contributed by atoms with Gasteiger partial charge in [-0.3, -0.25) is 4.79 Å². The third kappa shape index (κ3) is 5.95. The van der Waals surface area contributed by atoms with E-state index in [4.69, 9.17) is 0 Å². The number of nitrogens with zero attached hydrogens (tertiary/aromatic N) is 1. The van der Waals surface area contributed by atoms with E-state index in [0.717, 1.165) is 6.08 Å². The van der Waals surface area contributed by atoms with Gasteiger partial charge in [-0.25, -0.2) is 0 Å². The fraction of sp³-hybridized carbons (Fsp3) is 0.375. The molecule has 0 rings (SSSR count). The molecular weight excluding hydrogens is 183 g/mol. The van der Waals surface area contributed by atoms with Gasteiger partial charge in [-0.1, -0.05) is 6.08 Å². The van der Waals surface area contributed by atoms with Crippen LogP contribution in [0.15, 0.2) is 24.4 Å². The minimum absolute atomic E-state index is 0.486. The molecule has 13 heavy (non-hydrogen) atoms. The van der Waals surface area contributed by atoms with Gasteiger partial charge in [0, 0.05) is 14.1 Å². The molecule has 0 heterocycles. The zero-order chi connectivity index (χ0) is 10.5. The van der Waals surface area contributed by atoms with Crippen molar-refractivity contribution in [3.63, 3.8) is 0 Å². The van der Waals surface area contributed by atoms with Crippen LogP contribution in [0.25, 0.3) is 0 Å². The number of alkyl halides is 3. The summed E-state index contributed by atoms with van der Waals surface area (Å²) < 4.78 is 34.8. The first-order valence-electron chi connectivity index (χ1n) is 3.46.